The summed E-state index contributed by atoms with van der Waals surface area (Å²) in [5.74, 6) is 1.32. The molecule has 0 bridgehead atoms. The number of aliphatic hydroxyl groups excluding tert-OH is 1. The fraction of sp³-hybridized carbons (Fsp3) is 0.538. The smallest absolute Gasteiger partial charge is 0.119 e. The molecule has 0 aliphatic carbocycles. The molecule has 1 N–H and O–H groups in total. The molecule has 1 aliphatic rings. The standard InChI is InChI=1S/C13H18O3/c1-15-12-4-2-3-10(7-12)11-5-6-13(8-14)16-9-11/h2-4,7,11,13-14H,5-6,8-9H2,1H3. The number of aliphatic hydroxyl groups is 1. The number of hydrogen-bond acceptors (Lipinski definition) is 3. The highest BCUT2D eigenvalue weighted by Crippen LogP contribution is 2.29. The van der Waals surface area contributed by atoms with Crippen molar-refractivity contribution < 1.29 is 14.6 Å². The van der Waals surface area contributed by atoms with E-state index >= 15 is 0 Å². The van der Waals surface area contributed by atoms with Crippen molar-refractivity contribution in [3.63, 3.8) is 0 Å². The van der Waals surface area contributed by atoms with Gasteiger partial charge in [-0.05, 0) is 30.5 Å². The van der Waals surface area contributed by atoms with Crippen LogP contribution in [0.2, 0.25) is 0 Å². The second kappa shape index (κ2) is 5.32. The first-order valence-electron chi connectivity index (χ1n) is 5.70. The zero-order valence-electron chi connectivity index (χ0n) is 9.56. The molecule has 1 saturated heterocycles. The summed E-state index contributed by atoms with van der Waals surface area (Å²) in [6.45, 7) is 0.823. The van der Waals surface area contributed by atoms with Gasteiger partial charge in [0, 0.05) is 5.92 Å². The highest BCUT2D eigenvalue weighted by atomic mass is 16.5. The van der Waals surface area contributed by atoms with Gasteiger partial charge in [0.05, 0.1) is 26.4 Å². The van der Waals surface area contributed by atoms with Gasteiger partial charge < -0.3 is 14.6 Å². The van der Waals surface area contributed by atoms with E-state index in [0.29, 0.717) is 12.5 Å². The minimum absolute atomic E-state index is 0.0295. The lowest BCUT2D eigenvalue weighted by atomic mass is 9.91. The Morgan fingerprint density at radius 1 is 1.44 bits per heavy atom. The van der Waals surface area contributed by atoms with E-state index in [4.69, 9.17) is 14.6 Å². The first-order chi connectivity index (χ1) is 7.83. The highest BCUT2D eigenvalue weighted by Gasteiger charge is 2.22. The Morgan fingerprint density at radius 3 is 2.94 bits per heavy atom. The van der Waals surface area contributed by atoms with Crippen LogP contribution in [0.3, 0.4) is 0 Å². The molecular formula is C13H18O3. The maximum absolute atomic E-state index is 8.99. The van der Waals surface area contributed by atoms with Crippen molar-refractivity contribution in [3.05, 3.63) is 29.8 Å². The average molecular weight is 222 g/mol. The second-order valence-corrected chi connectivity index (χ2v) is 4.19. The normalized spacial score (nSPS) is 25.4. The van der Waals surface area contributed by atoms with Gasteiger partial charge in [0.15, 0.2) is 0 Å². The van der Waals surface area contributed by atoms with Gasteiger partial charge in [-0.25, -0.2) is 0 Å². The fourth-order valence-corrected chi connectivity index (χ4v) is 2.11. The summed E-state index contributed by atoms with van der Waals surface area (Å²) < 4.78 is 10.8. The molecule has 1 fully saturated rings. The van der Waals surface area contributed by atoms with E-state index in [1.807, 2.05) is 12.1 Å². The zero-order valence-corrected chi connectivity index (χ0v) is 9.56. The lowest BCUT2D eigenvalue weighted by Gasteiger charge is -2.28. The number of ether oxygens (including phenoxy) is 2. The van der Waals surface area contributed by atoms with E-state index in [0.717, 1.165) is 18.6 Å². The van der Waals surface area contributed by atoms with E-state index in [-0.39, 0.29) is 12.7 Å². The average Bonchev–Trinajstić information content (AvgIpc) is 2.39. The van der Waals surface area contributed by atoms with Gasteiger partial charge in [-0.3, -0.25) is 0 Å². The van der Waals surface area contributed by atoms with Crippen LogP contribution in [0, 0.1) is 0 Å². The summed E-state index contributed by atoms with van der Waals surface area (Å²) in [4.78, 5) is 0. The van der Waals surface area contributed by atoms with Crippen molar-refractivity contribution in [1.82, 2.24) is 0 Å². The van der Waals surface area contributed by atoms with Crippen LogP contribution >= 0.6 is 0 Å². The summed E-state index contributed by atoms with van der Waals surface area (Å²) in [7, 11) is 1.68. The van der Waals surface area contributed by atoms with Crippen LogP contribution in [-0.2, 0) is 4.74 Å². The van der Waals surface area contributed by atoms with Crippen LogP contribution in [0.4, 0.5) is 0 Å². The molecule has 3 nitrogen and oxygen atoms in total. The van der Waals surface area contributed by atoms with Crippen LogP contribution in [0.1, 0.15) is 24.3 Å². The predicted octanol–water partition coefficient (Wildman–Crippen LogP) is 1.95. The summed E-state index contributed by atoms with van der Waals surface area (Å²) >= 11 is 0. The predicted molar refractivity (Wildman–Crippen MR) is 61.8 cm³/mol. The maximum atomic E-state index is 8.99. The van der Waals surface area contributed by atoms with Gasteiger partial charge in [-0.1, -0.05) is 12.1 Å². The lowest BCUT2D eigenvalue weighted by Crippen LogP contribution is -2.27. The van der Waals surface area contributed by atoms with Crippen molar-refractivity contribution in [3.8, 4) is 5.75 Å². The van der Waals surface area contributed by atoms with Crippen LogP contribution in [0.25, 0.3) is 0 Å². The molecule has 3 heteroatoms. The Hall–Kier alpha value is -1.06. The Balaban J connectivity index is 2.02. The molecule has 0 radical (unpaired) electrons. The second-order valence-electron chi connectivity index (χ2n) is 4.19. The molecule has 1 heterocycles. The molecule has 0 saturated carbocycles. The summed E-state index contributed by atoms with van der Waals surface area (Å²) in [5, 5.41) is 8.99. The Kier molecular flexibility index (Phi) is 3.80. The van der Waals surface area contributed by atoms with Gasteiger partial charge in [0.1, 0.15) is 5.75 Å². The number of methoxy groups -OCH3 is 1. The topological polar surface area (TPSA) is 38.7 Å². The molecule has 2 unspecified atom stereocenters. The van der Waals surface area contributed by atoms with E-state index in [1.54, 1.807) is 7.11 Å². The Bertz CT molecular complexity index is 330. The molecule has 2 atom stereocenters. The first kappa shape index (κ1) is 11.4. The Labute approximate surface area is 96.0 Å². The molecule has 1 aliphatic heterocycles. The van der Waals surface area contributed by atoms with Gasteiger partial charge in [0.25, 0.3) is 0 Å². The third-order valence-electron chi connectivity index (χ3n) is 3.14. The quantitative estimate of drug-likeness (QED) is 0.849. The van der Waals surface area contributed by atoms with E-state index < -0.39 is 0 Å². The minimum Gasteiger partial charge on any atom is -0.497 e. The van der Waals surface area contributed by atoms with Crippen LogP contribution in [-0.4, -0.2) is 31.5 Å². The number of hydrogen-bond donors (Lipinski definition) is 1. The highest BCUT2D eigenvalue weighted by molar-refractivity contribution is 5.31. The first-order valence-corrected chi connectivity index (χ1v) is 5.70. The monoisotopic (exact) mass is 222 g/mol. The number of benzene rings is 1. The molecule has 2 rings (SSSR count). The van der Waals surface area contributed by atoms with Crippen molar-refractivity contribution >= 4 is 0 Å². The summed E-state index contributed by atoms with van der Waals surface area (Å²) in [6.07, 6.45) is 2.03. The van der Waals surface area contributed by atoms with Gasteiger partial charge in [-0.2, -0.15) is 0 Å². The Morgan fingerprint density at radius 2 is 2.31 bits per heavy atom. The summed E-state index contributed by atoms with van der Waals surface area (Å²) in [5.41, 5.74) is 1.26. The van der Waals surface area contributed by atoms with Crippen LogP contribution < -0.4 is 4.74 Å². The SMILES string of the molecule is COc1cccc(C2CCC(CO)OC2)c1. The van der Waals surface area contributed by atoms with Crippen molar-refractivity contribution in [1.29, 1.82) is 0 Å². The van der Waals surface area contributed by atoms with Crippen LogP contribution in [0.15, 0.2) is 24.3 Å². The van der Waals surface area contributed by atoms with Gasteiger partial charge in [0.2, 0.25) is 0 Å². The maximum Gasteiger partial charge on any atom is 0.119 e. The molecule has 1 aromatic carbocycles. The van der Waals surface area contributed by atoms with E-state index in [2.05, 4.69) is 12.1 Å². The molecule has 1 aromatic rings. The van der Waals surface area contributed by atoms with Crippen LogP contribution in [0.5, 0.6) is 5.75 Å². The fourth-order valence-electron chi connectivity index (χ4n) is 2.11. The minimum atomic E-state index is 0.0295. The third kappa shape index (κ3) is 2.54. The summed E-state index contributed by atoms with van der Waals surface area (Å²) in [6, 6.07) is 8.12. The lowest BCUT2D eigenvalue weighted by molar-refractivity contribution is -0.0270. The molecular weight excluding hydrogens is 204 g/mol. The largest absolute Gasteiger partial charge is 0.497 e. The number of rotatable bonds is 3. The van der Waals surface area contributed by atoms with Gasteiger partial charge in [-0.15, -0.1) is 0 Å². The molecule has 0 amide bonds. The molecule has 0 spiro atoms. The molecule has 0 aromatic heterocycles. The molecule has 88 valence electrons. The van der Waals surface area contributed by atoms with E-state index in [9.17, 15) is 0 Å². The third-order valence-corrected chi connectivity index (χ3v) is 3.14. The molecule has 16 heavy (non-hydrogen) atoms. The van der Waals surface area contributed by atoms with Gasteiger partial charge >= 0.3 is 0 Å². The van der Waals surface area contributed by atoms with Crippen molar-refractivity contribution in [2.75, 3.05) is 20.3 Å². The van der Waals surface area contributed by atoms with Crippen molar-refractivity contribution in [2.24, 2.45) is 0 Å². The van der Waals surface area contributed by atoms with E-state index in [1.165, 1.54) is 5.56 Å². The van der Waals surface area contributed by atoms with Crippen molar-refractivity contribution in [2.45, 2.75) is 24.9 Å². The zero-order chi connectivity index (χ0) is 11.4.